The lowest BCUT2D eigenvalue weighted by atomic mass is 9.95. The highest BCUT2D eigenvalue weighted by molar-refractivity contribution is 6.28. The van der Waals surface area contributed by atoms with Crippen LogP contribution in [0.3, 0.4) is 0 Å². The predicted molar refractivity (Wildman–Crippen MR) is 62.8 cm³/mol. The molecule has 2 heterocycles. The number of nitrogens with zero attached hydrogens (tertiary/aromatic N) is 3. The summed E-state index contributed by atoms with van der Waals surface area (Å²) in [5.74, 6) is 0.938. The zero-order valence-corrected chi connectivity index (χ0v) is 10.8. The molecule has 5 heteroatoms. The van der Waals surface area contributed by atoms with Gasteiger partial charge >= 0.3 is 0 Å². The highest BCUT2D eigenvalue weighted by atomic mass is 35.5. The number of halogens is 1. The van der Waals surface area contributed by atoms with E-state index in [1.54, 1.807) is 0 Å². The Morgan fingerprint density at radius 3 is 2.69 bits per heavy atom. The van der Waals surface area contributed by atoms with Gasteiger partial charge in [-0.15, -0.1) is 10.2 Å². The molecule has 0 aromatic carbocycles. The van der Waals surface area contributed by atoms with Crippen LogP contribution in [0.5, 0.6) is 0 Å². The van der Waals surface area contributed by atoms with Gasteiger partial charge in [0.1, 0.15) is 5.82 Å². The van der Waals surface area contributed by atoms with Gasteiger partial charge in [0.05, 0.1) is 12.6 Å². The first-order chi connectivity index (χ1) is 7.50. The molecular formula is C11H18ClN3O. The molecule has 0 bridgehead atoms. The van der Waals surface area contributed by atoms with E-state index in [1.807, 2.05) is 4.57 Å². The van der Waals surface area contributed by atoms with E-state index in [0.717, 1.165) is 25.3 Å². The molecule has 1 unspecified atom stereocenters. The van der Waals surface area contributed by atoms with E-state index in [1.165, 1.54) is 0 Å². The molecule has 0 amide bonds. The monoisotopic (exact) mass is 243 g/mol. The molecule has 1 aromatic rings. The first-order valence-corrected chi connectivity index (χ1v) is 6.06. The maximum Gasteiger partial charge on any atom is 0.225 e. The van der Waals surface area contributed by atoms with Crippen LogP contribution in [-0.2, 0) is 10.2 Å². The van der Waals surface area contributed by atoms with E-state index in [2.05, 4.69) is 31.0 Å². The summed E-state index contributed by atoms with van der Waals surface area (Å²) in [5.41, 5.74) is -0.0441. The Kier molecular flexibility index (Phi) is 3.22. The minimum absolute atomic E-state index is 0.0441. The SMILES string of the molecule is CC(C)(C)c1nnc(Cl)n1C1CCCOC1. The summed E-state index contributed by atoms with van der Waals surface area (Å²) in [7, 11) is 0. The summed E-state index contributed by atoms with van der Waals surface area (Å²) in [4.78, 5) is 0. The lowest BCUT2D eigenvalue weighted by Gasteiger charge is -2.28. The van der Waals surface area contributed by atoms with Gasteiger partial charge in [-0.3, -0.25) is 4.57 Å². The molecule has 1 aromatic heterocycles. The first kappa shape index (κ1) is 11.9. The highest BCUT2D eigenvalue weighted by Gasteiger charge is 2.28. The van der Waals surface area contributed by atoms with Gasteiger partial charge in [-0.25, -0.2) is 0 Å². The molecule has 1 aliphatic rings. The van der Waals surface area contributed by atoms with E-state index >= 15 is 0 Å². The van der Waals surface area contributed by atoms with Gasteiger partial charge in [-0.05, 0) is 24.4 Å². The third-order valence-corrected chi connectivity index (χ3v) is 3.08. The molecular weight excluding hydrogens is 226 g/mol. The lowest BCUT2D eigenvalue weighted by molar-refractivity contribution is 0.0573. The molecule has 1 atom stereocenters. The zero-order chi connectivity index (χ0) is 11.8. The molecule has 0 radical (unpaired) electrons. The van der Waals surface area contributed by atoms with Gasteiger partial charge in [0.25, 0.3) is 0 Å². The Morgan fingerprint density at radius 1 is 1.38 bits per heavy atom. The average molecular weight is 244 g/mol. The van der Waals surface area contributed by atoms with Crippen molar-refractivity contribution in [2.24, 2.45) is 0 Å². The Bertz CT molecular complexity index is 364. The molecule has 1 aliphatic heterocycles. The van der Waals surface area contributed by atoms with Crippen LogP contribution in [0.4, 0.5) is 0 Å². The van der Waals surface area contributed by atoms with Crippen LogP contribution >= 0.6 is 11.6 Å². The minimum atomic E-state index is -0.0441. The van der Waals surface area contributed by atoms with Crippen molar-refractivity contribution in [3.05, 3.63) is 11.1 Å². The molecule has 1 saturated heterocycles. The predicted octanol–water partition coefficient (Wildman–Crippen LogP) is 2.58. The largest absolute Gasteiger partial charge is 0.379 e. The standard InChI is InChI=1S/C11H18ClN3O/c1-11(2,3)9-13-14-10(12)15(9)8-5-4-6-16-7-8/h8H,4-7H2,1-3H3. The van der Waals surface area contributed by atoms with Gasteiger partial charge in [0, 0.05) is 12.0 Å². The van der Waals surface area contributed by atoms with Crippen LogP contribution in [0.1, 0.15) is 45.5 Å². The van der Waals surface area contributed by atoms with Crippen molar-refractivity contribution in [3.8, 4) is 0 Å². The minimum Gasteiger partial charge on any atom is -0.379 e. The van der Waals surface area contributed by atoms with Gasteiger partial charge in [-0.2, -0.15) is 0 Å². The van der Waals surface area contributed by atoms with Gasteiger partial charge < -0.3 is 4.74 Å². The number of rotatable bonds is 1. The normalized spacial score (nSPS) is 22.4. The van der Waals surface area contributed by atoms with Crippen molar-refractivity contribution < 1.29 is 4.74 Å². The quantitative estimate of drug-likeness (QED) is 0.761. The lowest BCUT2D eigenvalue weighted by Crippen LogP contribution is -2.27. The number of aromatic nitrogens is 3. The number of hydrogen-bond acceptors (Lipinski definition) is 3. The van der Waals surface area contributed by atoms with Crippen molar-refractivity contribution in [1.82, 2.24) is 14.8 Å². The van der Waals surface area contributed by atoms with Crippen LogP contribution in [0, 0.1) is 0 Å². The Labute approximate surface area is 101 Å². The average Bonchev–Trinajstić information content (AvgIpc) is 2.61. The van der Waals surface area contributed by atoms with Crippen LogP contribution in [0.2, 0.25) is 5.28 Å². The second-order valence-corrected chi connectivity index (χ2v) is 5.62. The summed E-state index contributed by atoms with van der Waals surface area (Å²) in [6.07, 6.45) is 2.16. The maximum absolute atomic E-state index is 6.12. The Hall–Kier alpha value is -0.610. The summed E-state index contributed by atoms with van der Waals surface area (Å²) < 4.78 is 7.52. The zero-order valence-electron chi connectivity index (χ0n) is 10.0. The molecule has 16 heavy (non-hydrogen) atoms. The second-order valence-electron chi connectivity index (χ2n) is 5.28. The molecule has 4 nitrogen and oxygen atoms in total. The first-order valence-electron chi connectivity index (χ1n) is 5.69. The van der Waals surface area contributed by atoms with Gasteiger partial charge in [0.2, 0.25) is 5.28 Å². The Balaban J connectivity index is 2.34. The van der Waals surface area contributed by atoms with E-state index in [-0.39, 0.29) is 11.5 Å². The van der Waals surface area contributed by atoms with E-state index in [0.29, 0.717) is 11.9 Å². The fourth-order valence-electron chi connectivity index (χ4n) is 2.03. The van der Waals surface area contributed by atoms with E-state index in [4.69, 9.17) is 16.3 Å². The topological polar surface area (TPSA) is 39.9 Å². The maximum atomic E-state index is 6.12. The van der Waals surface area contributed by atoms with Crippen LogP contribution < -0.4 is 0 Å². The summed E-state index contributed by atoms with van der Waals surface area (Å²) in [6.45, 7) is 7.91. The smallest absolute Gasteiger partial charge is 0.225 e. The fourth-order valence-corrected chi connectivity index (χ4v) is 2.29. The van der Waals surface area contributed by atoms with E-state index < -0.39 is 0 Å². The molecule has 1 fully saturated rings. The van der Waals surface area contributed by atoms with Crippen molar-refractivity contribution >= 4 is 11.6 Å². The number of ether oxygens (including phenoxy) is 1. The molecule has 90 valence electrons. The summed E-state index contributed by atoms with van der Waals surface area (Å²) >= 11 is 6.12. The van der Waals surface area contributed by atoms with Crippen LogP contribution in [-0.4, -0.2) is 28.0 Å². The molecule has 0 N–H and O–H groups in total. The van der Waals surface area contributed by atoms with Crippen molar-refractivity contribution in [2.75, 3.05) is 13.2 Å². The van der Waals surface area contributed by atoms with Crippen molar-refractivity contribution in [2.45, 2.75) is 45.1 Å². The van der Waals surface area contributed by atoms with Crippen molar-refractivity contribution in [3.63, 3.8) is 0 Å². The number of hydrogen-bond donors (Lipinski definition) is 0. The summed E-state index contributed by atoms with van der Waals surface area (Å²) in [6, 6.07) is 0.283. The van der Waals surface area contributed by atoms with E-state index in [9.17, 15) is 0 Å². The summed E-state index contributed by atoms with van der Waals surface area (Å²) in [5, 5.41) is 8.64. The molecule has 0 saturated carbocycles. The Morgan fingerprint density at radius 2 is 2.12 bits per heavy atom. The molecule has 2 rings (SSSR count). The highest BCUT2D eigenvalue weighted by Crippen LogP contribution is 2.30. The van der Waals surface area contributed by atoms with Crippen molar-refractivity contribution in [1.29, 1.82) is 0 Å². The molecule has 0 aliphatic carbocycles. The van der Waals surface area contributed by atoms with Gasteiger partial charge in [-0.1, -0.05) is 20.8 Å². The van der Waals surface area contributed by atoms with Crippen LogP contribution in [0.15, 0.2) is 0 Å². The second kappa shape index (κ2) is 4.34. The fraction of sp³-hybridized carbons (Fsp3) is 0.818. The third kappa shape index (κ3) is 2.23. The third-order valence-electron chi connectivity index (χ3n) is 2.83. The van der Waals surface area contributed by atoms with Gasteiger partial charge in [0.15, 0.2) is 0 Å². The molecule has 0 spiro atoms. The van der Waals surface area contributed by atoms with Crippen LogP contribution in [0.25, 0.3) is 0 Å².